The predicted molar refractivity (Wildman–Crippen MR) is 482 cm³/mol. The van der Waals surface area contributed by atoms with Gasteiger partial charge in [-0.05, 0) is 120 Å². The number of rotatable bonds is 28. The fourth-order valence-electron chi connectivity index (χ4n) is 16.5. The Balaban J connectivity index is 0.000000163. The summed E-state index contributed by atoms with van der Waals surface area (Å²) in [4.78, 5) is 154. The first-order valence-electron chi connectivity index (χ1n) is 43.5. The Morgan fingerprint density at radius 2 is 0.705 bits per heavy atom. The number of carboxylic acids is 1. The molecule has 6 aliphatic rings. The molecule has 3 amide bonds. The molecule has 28 heteroatoms. The molecule has 28 nitrogen and oxygen atoms in total. The number of H-pyrrole nitrogens is 1. The fraction of sp³-hybridized carbons (Fsp3) is 0.376. The van der Waals surface area contributed by atoms with Crippen molar-refractivity contribution in [3.8, 4) is 79.7 Å². The van der Waals surface area contributed by atoms with E-state index < -0.39 is 135 Å². The molecule has 674 valence electrons. The van der Waals surface area contributed by atoms with Gasteiger partial charge in [0.1, 0.15) is 45.9 Å². The number of nitrogens with zero attached hydrogens (tertiary/aromatic N) is 5. The zero-order valence-electron chi connectivity index (χ0n) is 73.9. The zero-order valence-corrected chi connectivity index (χ0v) is 73.9. The minimum atomic E-state index is -1.20. The van der Waals surface area contributed by atoms with Crippen LogP contribution in [0, 0.1) is 53.3 Å². The van der Waals surface area contributed by atoms with E-state index in [1.807, 2.05) is 182 Å². The highest BCUT2D eigenvalue weighted by atomic mass is 16.6. The van der Waals surface area contributed by atoms with Gasteiger partial charge in [-0.25, -0.2) is 29.3 Å². The van der Waals surface area contributed by atoms with Crippen molar-refractivity contribution in [1.29, 1.82) is 0 Å². The Morgan fingerprint density at radius 1 is 0.411 bits per heavy atom. The monoisotopic (exact) mass is 1750 g/mol. The first-order chi connectivity index (χ1) is 61.7. The summed E-state index contributed by atoms with van der Waals surface area (Å²) in [6.45, 7) is 27.5. The van der Waals surface area contributed by atoms with Crippen LogP contribution in [0.5, 0.6) is 11.8 Å². The number of benzene rings is 6. The second-order valence-electron chi connectivity index (χ2n) is 34.8. The van der Waals surface area contributed by atoms with E-state index in [4.69, 9.17) is 48.1 Å². The van der Waals surface area contributed by atoms with Crippen molar-refractivity contribution in [2.75, 3.05) is 19.8 Å². The summed E-state index contributed by atoms with van der Waals surface area (Å²) in [6.07, 6.45) is 5.31. The molecule has 15 rings (SSSR count). The molecule has 3 heterocycles. The number of hydrogen-bond acceptors (Lipinski definition) is 23. The van der Waals surface area contributed by atoms with E-state index in [1.165, 1.54) is 6.07 Å². The lowest BCUT2D eigenvalue weighted by molar-refractivity contribution is -0.164. The third-order valence-electron chi connectivity index (χ3n) is 23.2. The highest BCUT2D eigenvalue weighted by Gasteiger charge is 2.65. The number of aromatic amines is 1. The summed E-state index contributed by atoms with van der Waals surface area (Å²) < 4.78 is 39.3. The maximum absolute atomic E-state index is 13.8. The predicted octanol–water partition coefficient (Wildman–Crippen LogP) is 14.3. The number of carbonyl (C=O) groups excluding carboxylic acids is 8. The average Bonchev–Trinajstić information content (AvgIpc) is 1.59. The van der Waals surface area contributed by atoms with Gasteiger partial charge in [0.15, 0.2) is 11.6 Å². The van der Waals surface area contributed by atoms with E-state index in [-0.39, 0.29) is 81.7 Å². The van der Waals surface area contributed by atoms with Crippen molar-refractivity contribution in [1.82, 2.24) is 45.9 Å². The number of carbonyl (C=O) groups is 9. The third kappa shape index (κ3) is 23.6. The van der Waals surface area contributed by atoms with E-state index >= 15 is 0 Å². The number of aliphatic hydroxyl groups is 1. The SMILES string of the molecule is C=C[C@@H]1C[C@]1(NC(=O)[C@@H]1C[C@@H](Oc2cc(-c3ccccc3)nc(-c3ccccc3)n2)C[C@H]1C(=O)O)C(=O)OCC.C=C[C@@H]1C[C@]1(NC(=O)[C@@H]1C[C@@H](Oc2cc(-c3ccccc3)nc(-c3ccccc3)n2)C[C@H]1C(=O)OC(C)(C)C)C(=O)OCC.C=C[C@@H]1C[C@]1(NC(=O)[C@@H]1C[C@H](O)C[C@H]1C(=O)OC(C)(C)C)C(=O)OCC.O=c1cc(-c2ccccc2)nc(-c2ccccc2)[nH]1. The lowest BCUT2D eigenvalue weighted by atomic mass is 9.94. The van der Waals surface area contributed by atoms with Gasteiger partial charge in [0.2, 0.25) is 29.5 Å². The Bertz CT molecular complexity index is 5410. The van der Waals surface area contributed by atoms with Crippen molar-refractivity contribution < 1.29 is 86.5 Å². The summed E-state index contributed by atoms with van der Waals surface area (Å²) in [7, 11) is 0. The number of hydrogen-bond donors (Lipinski definition) is 6. The highest BCUT2D eigenvalue weighted by molar-refractivity contribution is 5.97. The molecule has 0 bridgehead atoms. The normalized spacial score (nSPS) is 24.2. The summed E-state index contributed by atoms with van der Waals surface area (Å²) in [5.41, 5.74) is 2.24. The van der Waals surface area contributed by atoms with Gasteiger partial charge in [-0.3, -0.25) is 33.6 Å². The van der Waals surface area contributed by atoms with Gasteiger partial charge in [0.05, 0.1) is 78.5 Å². The molecule has 0 radical (unpaired) electrons. The van der Waals surface area contributed by atoms with Crippen molar-refractivity contribution in [3.63, 3.8) is 0 Å². The molecule has 15 atom stereocenters. The maximum atomic E-state index is 13.8. The molecule has 9 aromatic rings. The Labute approximate surface area is 749 Å². The molecule has 0 unspecified atom stereocenters. The maximum Gasteiger partial charge on any atom is 0.332 e. The summed E-state index contributed by atoms with van der Waals surface area (Å²) >= 11 is 0. The summed E-state index contributed by atoms with van der Waals surface area (Å²) in [5.74, 6) is -8.37. The fourth-order valence-corrected chi connectivity index (χ4v) is 16.5. The molecule has 0 aliphatic heterocycles. The average molecular weight is 1760 g/mol. The van der Waals surface area contributed by atoms with E-state index in [2.05, 4.69) is 50.6 Å². The Morgan fingerprint density at radius 3 is 1.03 bits per heavy atom. The van der Waals surface area contributed by atoms with Crippen LogP contribution in [-0.2, 0) is 66.8 Å². The lowest BCUT2D eigenvalue weighted by Crippen LogP contribution is -2.49. The van der Waals surface area contributed by atoms with Gasteiger partial charge in [-0.2, -0.15) is 9.97 Å². The first kappa shape index (κ1) is 94.5. The first-order valence-corrected chi connectivity index (χ1v) is 43.5. The van der Waals surface area contributed by atoms with Crippen molar-refractivity contribution in [2.24, 2.45) is 53.3 Å². The van der Waals surface area contributed by atoms with Gasteiger partial charge in [-0.1, -0.05) is 200 Å². The second kappa shape index (κ2) is 41.4. The van der Waals surface area contributed by atoms with Crippen LogP contribution in [0.15, 0.2) is 243 Å². The quantitative estimate of drug-likeness (QED) is 0.0151. The van der Waals surface area contributed by atoms with Gasteiger partial charge >= 0.3 is 35.8 Å². The van der Waals surface area contributed by atoms with Crippen LogP contribution >= 0.6 is 0 Å². The second-order valence-corrected chi connectivity index (χ2v) is 34.8. The van der Waals surface area contributed by atoms with Gasteiger partial charge in [0.25, 0.3) is 5.56 Å². The minimum Gasteiger partial charge on any atom is -0.481 e. The largest absolute Gasteiger partial charge is 0.481 e. The zero-order chi connectivity index (χ0) is 92.5. The van der Waals surface area contributed by atoms with E-state index in [0.29, 0.717) is 65.6 Å². The molecule has 6 aromatic carbocycles. The Hall–Kier alpha value is -13.6. The lowest BCUT2D eigenvalue weighted by Gasteiger charge is -2.26. The molecule has 6 N–H and O–H groups in total. The standard InChI is InChI=1S/C35H39N3O6.C31H31N3O6.C19H29NO6.C16H12N2O/c1-6-24-21-35(24,33(41)42-7-2)38-31(39)26-18-25(19-27(26)32(40)44-34(3,4)5)43-29-20-28(22-14-10-8-11-15-22)36-30(37-29)23-16-12-9-13-17-23;1-3-21-18-31(21,30(38)39-4-2)34-28(35)23-15-22(16-24(23)29(36)37)40-26-17-25(19-11-7-5-8-12-19)32-27(33-26)20-13-9-6-10-14-20;1-6-11-10-19(11,17(24)25-7-2)20-15(22)13-8-12(21)9-14(13)16(23)26-18(3,4)5;19-15-11-14(12-7-3-1-4-8-12)17-16(18-15)13-9-5-2-6-10-13/h6,8-17,20,24-27H,1,7,18-19,21H2,2-5H3,(H,38,39);3,5-14,17,21-24H,1,4,15-16,18H2,2H3,(H,34,35)(H,36,37);6,11-14,21H,1,7-10H2,2-5H3,(H,20,22);1-11H,(H,17,18,19)/t24-,25-,26-,27-,35-;21-,22-,23-,24-,31-;11-,12+,13-,14-,19-;/m111./s1. The molecular formula is C101H111N9O19. The third-order valence-corrected chi connectivity index (χ3v) is 23.2. The van der Waals surface area contributed by atoms with Crippen LogP contribution in [-0.4, -0.2) is 160 Å². The molecule has 0 saturated heterocycles. The topological polar surface area (TPSA) is 392 Å². The van der Waals surface area contributed by atoms with Gasteiger partial charge in [-0.15, -0.1) is 19.7 Å². The summed E-state index contributed by atoms with van der Waals surface area (Å²) in [5, 5.41) is 28.4. The number of aliphatic hydroxyl groups excluding tert-OH is 1. The van der Waals surface area contributed by atoms with E-state index in [1.54, 1.807) is 92.7 Å². The van der Waals surface area contributed by atoms with Crippen LogP contribution in [0.1, 0.15) is 120 Å². The number of ether oxygens (including phenoxy) is 7. The molecular weight excluding hydrogens is 1640 g/mol. The molecule has 129 heavy (non-hydrogen) atoms. The number of nitrogens with one attached hydrogen (secondary N) is 4. The van der Waals surface area contributed by atoms with Crippen LogP contribution in [0.4, 0.5) is 0 Å². The number of amides is 3. The van der Waals surface area contributed by atoms with Crippen molar-refractivity contribution in [3.05, 3.63) is 249 Å². The van der Waals surface area contributed by atoms with Crippen LogP contribution in [0.3, 0.4) is 0 Å². The molecule has 0 spiro atoms. The number of aromatic nitrogens is 6. The smallest absolute Gasteiger partial charge is 0.332 e. The number of aliphatic carboxylic acids is 1. The molecule has 6 aliphatic carbocycles. The van der Waals surface area contributed by atoms with Gasteiger partial charge < -0.3 is 64.3 Å². The van der Waals surface area contributed by atoms with E-state index in [0.717, 1.165) is 33.4 Å². The molecule has 6 fully saturated rings. The minimum absolute atomic E-state index is 0.121. The molecule has 6 saturated carbocycles. The summed E-state index contributed by atoms with van der Waals surface area (Å²) in [6, 6.07) is 62.8. The van der Waals surface area contributed by atoms with Crippen LogP contribution in [0.25, 0.3) is 67.9 Å². The van der Waals surface area contributed by atoms with Crippen LogP contribution < -0.4 is 31.0 Å². The Kier molecular flexibility index (Phi) is 30.3. The number of esters is 5. The van der Waals surface area contributed by atoms with E-state index in [9.17, 15) is 58.2 Å². The van der Waals surface area contributed by atoms with Gasteiger partial charge in [0, 0.05) is 69.3 Å². The van der Waals surface area contributed by atoms with Crippen molar-refractivity contribution >= 4 is 53.5 Å². The van der Waals surface area contributed by atoms with Crippen LogP contribution in [0.2, 0.25) is 0 Å². The molecule has 3 aromatic heterocycles. The highest BCUT2D eigenvalue weighted by Crippen LogP contribution is 2.50. The van der Waals surface area contributed by atoms with Crippen molar-refractivity contribution in [2.45, 2.75) is 166 Å². The number of carboxylic acid groups (broad SMARTS) is 1.